The normalized spacial score (nSPS) is 23.3. The number of hydrogen-bond donors (Lipinski definition) is 1. The second-order valence-electron chi connectivity index (χ2n) is 9.51. The predicted octanol–water partition coefficient (Wildman–Crippen LogP) is 5.07. The van der Waals surface area contributed by atoms with Gasteiger partial charge in [-0.25, -0.2) is 22.4 Å². The summed E-state index contributed by atoms with van der Waals surface area (Å²) in [4.78, 5) is 18.6. The van der Waals surface area contributed by atoms with Crippen molar-refractivity contribution in [3.05, 3.63) is 65.4 Å². The van der Waals surface area contributed by atoms with E-state index in [-0.39, 0.29) is 30.6 Å². The molecule has 3 aromatic rings. The van der Waals surface area contributed by atoms with Crippen molar-refractivity contribution in [2.75, 3.05) is 31.9 Å². The summed E-state index contributed by atoms with van der Waals surface area (Å²) in [6, 6.07) is 7.02. The quantitative estimate of drug-likeness (QED) is 0.205. The van der Waals surface area contributed by atoms with Crippen molar-refractivity contribution in [3.63, 3.8) is 0 Å². The number of methoxy groups -OCH3 is 1. The molecule has 7 nitrogen and oxygen atoms in total. The van der Waals surface area contributed by atoms with E-state index in [2.05, 4.69) is 9.88 Å². The topological polar surface area (TPSA) is 75.1 Å². The zero-order chi connectivity index (χ0) is 27.1. The Morgan fingerprint density at radius 3 is 2.68 bits per heavy atom. The summed E-state index contributed by atoms with van der Waals surface area (Å²) in [5, 5.41) is 11.2. The van der Waals surface area contributed by atoms with Gasteiger partial charge in [-0.3, -0.25) is 9.88 Å². The number of anilines is 1. The van der Waals surface area contributed by atoms with Crippen LogP contribution in [0.2, 0.25) is 0 Å². The van der Waals surface area contributed by atoms with Gasteiger partial charge in [0.15, 0.2) is 23.3 Å². The number of aliphatic hydroxyl groups is 1. The Labute approximate surface area is 214 Å². The van der Waals surface area contributed by atoms with Crippen LogP contribution in [0.4, 0.5) is 32.5 Å². The van der Waals surface area contributed by atoms with E-state index in [1.54, 1.807) is 25.4 Å². The number of piperidine rings is 3. The van der Waals surface area contributed by atoms with Crippen molar-refractivity contribution >= 4 is 22.7 Å². The van der Waals surface area contributed by atoms with E-state index in [1.807, 2.05) is 12.1 Å². The lowest BCUT2D eigenvalue weighted by Crippen LogP contribution is -2.56. The number of pyridine rings is 1. The third-order valence-electron chi connectivity index (χ3n) is 7.48. The van der Waals surface area contributed by atoms with E-state index >= 15 is 0 Å². The summed E-state index contributed by atoms with van der Waals surface area (Å²) >= 11 is 0. The Kier molecular flexibility index (Phi) is 7.10. The van der Waals surface area contributed by atoms with Crippen LogP contribution in [0.5, 0.6) is 5.75 Å². The highest BCUT2D eigenvalue weighted by Crippen LogP contribution is 2.42. The molecule has 0 spiro atoms. The van der Waals surface area contributed by atoms with Crippen molar-refractivity contribution in [3.8, 4) is 5.75 Å². The molecule has 3 aliphatic heterocycles. The summed E-state index contributed by atoms with van der Waals surface area (Å²) in [7, 11) is 1.56. The summed E-state index contributed by atoms with van der Waals surface area (Å²) < 4.78 is 78.5. The molecule has 3 aliphatic rings. The van der Waals surface area contributed by atoms with Gasteiger partial charge in [-0.2, -0.15) is 0 Å². The first-order valence-corrected chi connectivity index (χ1v) is 12.0. The Morgan fingerprint density at radius 1 is 1.18 bits per heavy atom. The van der Waals surface area contributed by atoms with Crippen LogP contribution < -0.4 is 9.86 Å². The molecular formula is C26H24F5N3O4. The first-order valence-electron chi connectivity index (χ1n) is 12.0. The highest BCUT2D eigenvalue weighted by atomic mass is 19.2. The van der Waals surface area contributed by atoms with Crippen LogP contribution in [0.1, 0.15) is 24.5 Å². The Hall–Kier alpha value is -3.51. The number of nitrogens with zero attached hydrogens (tertiary/aromatic N) is 3. The van der Waals surface area contributed by atoms with Gasteiger partial charge in [-0.15, -0.1) is 5.12 Å². The van der Waals surface area contributed by atoms with E-state index in [4.69, 9.17) is 9.47 Å². The Bertz CT molecular complexity index is 1380. The van der Waals surface area contributed by atoms with Crippen molar-refractivity contribution < 1.29 is 41.4 Å². The predicted molar refractivity (Wildman–Crippen MR) is 126 cm³/mol. The zero-order valence-corrected chi connectivity index (χ0v) is 20.2. The molecule has 0 saturated carbocycles. The van der Waals surface area contributed by atoms with Crippen molar-refractivity contribution in [1.82, 2.24) is 9.88 Å². The van der Waals surface area contributed by atoms with Gasteiger partial charge in [-0.1, -0.05) is 4.48 Å². The fourth-order valence-electron chi connectivity index (χ4n) is 5.47. The molecule has 1 amide bonds. The van der Waals surface area contributed by atoms with E-state index in [0.717, 1.165) is 17.3 Å². The van der Waals surface area contributed by atoms with Gasteiger partial charge in [0.25, 0.3) is 0 Å². The largest absolute Gasteiger partial charge is 0.497 e. The van der Waals surface area contributed by atoms with Crippen LogP contribution in [-0.4, -0.2) is 53.9 Å². The minimum Gasteiger partial charge on any atom is -0.497 e. The van der Waals surface area contributed by atoms with Gasteiger partial charge in [0.05, 0.1) is 25.3 Å². The highest BCUT2D eigenvalue weighted by Gasteiger charge is 2.44. The maximum atomic E-state index is 14.4. The standard InChI is InChI=1S/C26H24F5N3O4/c1-37-15-2-3-19-17(9-15)16(4-6-32-19)25(35)21-8-13-5-7-33(21)11-14(13)12-38-26(36)34(31)20-10-18(27)22(28)24(30)23(20)29/h2-4,6,9-10,13-14,21,25,35H,5,7-8,11-12H2,1H3. The monoisotopic (exact) mass is 537 g/mol. The number of benzene rings is 2. The van der Waals surface area contributed by atoms with Crippen LogP contribution in [0.25, 0.3) is 10.9 Å². The van der Waals surface area contributed by atoms with Gasteiger partial charge < -0.3 is 14.6 Å². The second-order valence-corrected chi connectivity index (χ2v) is 9.51. The molecular weight excluding hydrogens is 513 g/mol. The van der Waals surface area contributed by atoms with E-state index in [9.17, 15) is 31.9 Å². The average Bonchev–Trinajstić information content (AvgIpc) is 2.95. The average molecular weight is 537 g/mol. The maximum Gasteiger partial charge on any atom is 0.443 e. The Morgan fingerprint density at radius 2 is 1.97 bits per heavy atom. The SMILES string of the molecule is COc1ccc2nccc(C(O)C3CC4CCN3CC4COC(=O)N(F)c3cc(F)c(F)c(F)c3F)c2c1. The molecule has 2 bridgehead atoms. The zero-order valence-electron chi connectivity index (χ0n) is 20.2. The molecule has 5 unspecified atom stereocenters. The lowest BCUT2D eigenvalue weighted by molar-refractivity contribution is -0.0684. The molecule has 4 heterocycles. The third-order valence-corrected chi connectivity index (χ3v) is 7.48. The number of aromatic nitrogens is 1. The molecule has 1 aromatic heterocycles. The summed E-state index contributed by atoms with van der Waals surface area (Å²) in [5.74, 6) is -7.78. The van der Waals surface area contributed by atoms with Crippen LogP contribution in [-0.2, 0) is 4.74 Å². The highest BCUT2D eigenvalue weighted by molar-refractivity contribution is 5.85. The van der Waals surface area contributed by atoms with E-state index in [0.29, 0.717) is 30.8 Å². The van der Waals surface area contributed by atoms with E-state index < -0.39 is 46.3 Å². The summed E-state index contributed by atoms with van der Waals surface area (Å²) in [5.41, 5.74) is 0.00392. The lowest BCUT2D eigenvalue weighted by atomic mass is 9.74. The summed E-state index contributed by atoms with van der Waals surface area (Å²) in [6.07, 6.45) is 0.473. The molecule has 2 aromatic carbocycles. The number of carbonyl (C=O) groups is 1. The molecule has 3 fully saturated rings. The molecule has 1 N–H and O–H groups in total. The molecule has 3 saturated heterocycles. The van der Waals surface area contributed by atoms with Gasteiger partial charge >= 0.3 is 6.09 Å². The number of fused-ring (bicyclic) bond motifs is 4. The number of carbonyl (C=O) groups excluding carboxylic acids is 1. The summed E-state index contributed by atoms with van der Waals surface area (Å²) in [6.45, 7) is 0.927. The van der Waals surface area contributed by atoms with Crippen LogP contribution in [0.3, 0.4) is 0 Å². The fraction of sp³-hybridized carbons (Fsp3) is 0.385. The number of halogens is 5. The number of ether oxygens (including phenoxy) is 2. The molecule has 12 heteroatoms. The molecule has 0 aliphatic carbocycles. The van der Waals surface area contributed by atoms with Gasteiger partial charge in [0.2, 0.25) is 0 Å². The lowest BCUT2D eigenvalue weighted by Gasteiger charge is -2.51. The number of rotatable bonds is 6. The van der Waals surface area contributed by atoms with Crippen LogP contribution in [0.15, 0.2) is 36.5 Å². The molecule has 6 rings (SSSR count). The molecule has 202 valence electrons. The van der Waals surface area contributed by atoms with Crippen molar-refractivity contribution in [1.29, 1.82) is 0 Å². The number of hydrogen-bond acceptors (Lipinski definition) is 6. The maximum absolute atomic E-state index is 14.4. The van der Waals surface area contributed by atoms with Crippen LogP contribution >= 0.6 is 0 Å². The van der Waals surface area contributed by atoms with Gasteiger partial charge in [-0.05, 0) is 55.1 Å². The Balaban J connectivity index is 1.25. The van der Waals surface area contributed by atoms with Gasteiger partial charge in [0, 0.05) is 36.2 Å². The van der Waals surface area contributed by atoms with Gasteiger partial charge in [0.1, 0.15) is 11.4 Å². The molecule has 0 radical (unpaired) electrons. The fourth-order valence-corrected chi connectivity index (χ4v) is 5.47. The number of aliphatic hydroxyl groups excluding tert-OH is 1. The number of amides is 1. The third kappa shape index (κ3) is 4.62. The van der Waals surface area contributed by atoms with Crippen molar-refractivity contribution in [2.24, 2.45) is 11.8 Å². The minimum absolute atomic E-state index is 0.0354. The molecule has 38 heavy (non-hydrogen) atoms. The smallest absolute Gasteiger partial charge is 0.443 e. The second kappa shape index (κ2) is 10.3. The minimum atomic E-state index is -2.24. The van der Waals surface area contributed by atoms with Crippen LogP contribution in [0, 0.1) is 35.1 Å². The first-order chi connectivity index (χ1) is 18.2. The van der Waals surface area contributed by atoms with E-state index in [1.165, 1.54) is 0 Å². The molecule has 5 atom stereocenters. The van der Waals surface area contributed by atoms with Crippen molar-refractivity contribution in [2.45, 2.75) is 25.0 Å². The first kappa shape index (κ1) is 26.1.